The van der Waals surface area contributed by atoms with Crippen LogP contribution in [0.25, 0.3) is 0 Å². The Hall–Kier alpha value is -1.77. The number of rotatable bonds is 1. The number of carbonyl (C=O) groups excluding carboxylic acids is 1. The van der Waals surface area contributed by atoms with Crippen LogP contribution in [-0.2, 0) is 4.79 Å². The molecule has 1 saturated carbocycles. The number of nitrogens with zero attached hydrogens (tertiary/aromatic N) is 1. The summed E-state index contributed by atoms with van der Waals surface area (Å²) in [6.07, 6.45) is 6.27. The summed E-state index contributed by atoms with van der Waals surface area (Å²) in [4.78, 5) is 13.9. The lowest BCUT2D eigenvalue weighted by Crippen LogP contribution is -2.36. The van der Waals surface area contributed by atoms with Crippen LogP contribution in [0.3, 0.4) is 0 Å². The monoisotopic (exact) mass is 229 g/mol. The molecule has 2 aliphatic rings. The Labute approximate surface area is 100 Å². The number of phenolic OH excluding ortho intramolecular Hbond substituents is 1. The Balaban J connectivity index is 1.93. The summed E-state index contributed by atoms with van der Waals surface area (Å²) in [6.45, 7) is 0. The third-order valence-electron chi connectivity index (χ3n) is 3.61. The fourth-order valence-corrected chi connectivity index (χ4v) is 2.78. The second-order valence-electron chi connectivity index (χ2n) is 4.71. The molecule has 1 aliphatic carbocycles. The molecule has 3 rings (SSSR count). The van der Waals surface area contributed by atoms with Gasteiger partial charge in [-0.15, -0.1) is 0 Å². The first-order chi connectivity index (χ1) is 8.25. The van der Waals surface area contributed by atoms with E-state index in [1.165, 1.54) is 18.4 Å². The molecule has 1 unspecified atom stereocenters. The highest BCUT2D eigenvalue weighted by Gasteiger charge is 2.34. The lowest BCUT2D eigenvalue weighted by Gasteiger charge is -2.30. The number of hydrogen-bond acceptors (Lipinski definition) is 2. The van der Waals surface area contributed by atoms with Crippen molar-refractivity contribution in [3.63, 3.8) is 0 Å². The van der Waals surface area contributed by atoms with Crippen LogP contribution in [0.1, 0.15) is 25.7 Å². The summed E-state index contributed by atoms with van der Waals surface area (Å²) in [6, 6.07) is 7.12. The van der Waals surface area contributed by atoms with Gasteiger partial charge >= 0.3 is 0 Å². The Morgan fingerprint density at radius 2 is 1.94 bits per heavy atom. The summed E-state index contributed by atoms with van der Waals surface area (Å²) >= 11 is 0. The van der Waals surface area contributed by atoms with Gasteiger partial charge in [-0.2, -0.15) is 0 Å². The number of fused-ring (bicyclic) bond motifs is 1. The van der Waals surface area contributed by atoms with Crippen molar-refractivity contribution in [3.8, 4) is 5.75 Å². The van der Waals surface area contributed by atoms with E-state index >= 15 is 0 Å². The van der Waals surface area contributed by atoms with Gasteiger partial charge in [-0.05, 0) is 49.1 Å². The highest BCUT2D eigenvalue weighted by Crippen LogP contribution is 2.36. The lowest BCUT2D eigenvalue weighted by atomic mass is 9.91. The van der Waals surface area contributed by atoms with Crippen LogP contribution in [0.15, 0.2) is 35.9 Å². The maximum Gasteiger partial charge on any atom is 0.251 e. The average Bonchev–Trinajstić information content (AvgIpc) is 2.66. The molecule has 0 bridgehead atoms. The number of anilines is 1. The molecule has 1 atom stereocenters. The zero-order valence-corrected chi connectivity index (χ0v) is 9.60. The molecule has 0 spiro atoms. The smallest absolute Gasteiger partial charge is 0.251 e. The maximum absolute atomic E-state index is 12.0. The van der Waals surface area contributed by atoms with Gasteiger partial charge in [0.25, 0.3) is 5.91 Å². The molecular weight excluding hydrogens is 214 g/mol. The highest BCUT2D eigenvalue weighted by molar-refractivity contribution is 6.06. The molecule has 1 fully saturated rings. The van der Waals surface area contributed by atoms with E-state index in [1.54, 1.807) is 30.3 Å². The Bertz CT molecular complexity index is 476. The quantitative estimate of drug-likeness (QED) is 0.804. The average molecular weight is 229 g/mol. The molecule has 1 N–H and O–H groups in total. The van der Waals surface area contributed by atoms with Crippen molar-refractivity contribution in [2.75, 3.05) is 4.90 Å². The topological polar surface area (TPSA) is 40.5 Å². The van der Waals surface area contributed by atoms with Gasteiger partial charge in [0.1, 0.15) is 5.75 Å². The van der Waals surface area contributed by atoms with Crippen LogP contribution in [0.2, 0.25) is 0 Å². The molecule has 0 saturated heterocycles. The lowest BCUT2D eigenvalue weighted by molar-refractivity contribution is -0.113. The normalized spacial score (nSPS) is 23.5. The summed E-state index contributed by atoms with van der Waals surface area (Å²) in [5.41, 5.74) is 2.15. The van der Waals surface area contributed by atoms with Crippen LogP contribution in [0, 0.1) is 0 Å². The third-order valence-corrected chi connectivity index (χ3v) is 3.61. The van der Waals surface area contributed by atoms with Gasteiger partial charge in [0, 0.05) is 11.8 Å². The van der Waals surface area contributed by atoms with Crippen molar-refractivity contribution in [2.45, 2.75) is 31.7 Å². The Kier molecular flexibility index (Phi) is 2.39. The molecule has 17 heavy (non-hydrogen) atoms. The van der Waals surface area contributed by atoms with Crippen molar-refractivity contribution >= 4 is 11.6 Å². The van der Waals surface area contributed by atoms with Gasteiger partial charge in [-0.1, -0.05) is 6.42 Å². The first-order valence-electron chi connectivity index (χ1n) is 6.08. The first-order valence-corrected chi connectivity index (χ1v) is 6.08. The van der Waals surface area contributed by atoms with E-state index in [-0.39, 0.29) is 17.7 Å². The number of carbonyl (C=O) groups is 1. The van der Waals surface area contributed by atoms with Crippen LogP contribution >= 0.6 is 0 Å². The zero-order chi connectivity index (χ0) is 11.8. The maximum atomic E-state index is 12.0. The molecule has 3 nitrogen and oxygen atoms in total. The largest absolute Gasteiger partial charge is 0.508 e. The van der Waals surface area contributed by atoms with E-state index in [2.05, 4.69) is 0 Å². The van der Waals surface area contributed by atoms with Crippen molar-refractivity contribution in [1.82, 2.24) is 0 Å². The number of amides is 1. The number of aromatic hydroxyl groups is 1. The third kappa shape index (κ3) is 1.71. The standard InChI is InChI=1S/C14H15NO2/c16-12-7-5-11(6-8-12)15-13-4-2-1-3-10(13)9-14(15)17/h5-9,13,16H,1-4H2. The van der Waals surface area contributed by atoms with E-state index in [9.17, 15) is 9.90 Å². The number of benzene rings is 1. The molecule has 3 heteroatoms. The molecular formula is C14H15NO2. The van der Waals surface area contributed by atoms with Gasteiger partial charge in [-0.3, -0.25) is 4.79 Å². The van der Waals surface area contributed by atoms with E-state index in [4.69, 9.17) is 0 Å². The fraction of sp³-hybridized carbons (Fsp3) is 0.357. The van der Waals surface area contributed by atoms with Crippen molar-refractivity contribution in [3.05, 3.63) is 35.9 Å². The van der Waals surface area contributed by atoms with Gasteiger partial charge in [0.15, 0.2) is 0 Å². The minimum absolute atomic E-state index is 0.0811. The van der Waals surface area contributed by atoms with Crippen molar-refractivity contribution in [1.29, 1.82) is 0 Å². The Morgan fingerprint density at radius 1 is 1.18 bits per heavy atom. The summed E-state index contributed by atoms with van der Waals surface area (Å²) < 4.78 is 0. The van der Waals surface area contributed by atoms with E-state index < -0.39 is 0 Å². The van der Waals surface area contributed by atoms with Gasteiger partial charge < -0.3 is 10.0 Å². The number of hydrogen-bond donors (Lipinski definition) is 1. The number of phenols is 1. The molecule has 88 valence electrons. The predicted octanol–water partition coefficient (Wildman–Crippen LogP) is 2.61. The molecule has 1 heterocycles. The molecule has 0 radical (unpaired) electrons. The predicted molar refractivity (Wildman–Crippen MR) is 65.9 cm³/mol. The first kappa shape index (κ1) is 10.4. The SMILES string of the molecule is O=C1C=C2CCCCC2N1c1ccc(O)cc1. The molecule has 1 aromatic carbocycles. The molecule has 0 aromatic heterocycles. The van der Waals surface area contributed by atoms with Gasteiger partial charge in [0.05, 0.1) is 6.04 Å². The second-order valence-corrected chi connectivity index (χ2v) is 4.71. The van der Waals surface area contributed by atoms with Gasteiger partial charge in [-0.25, -0.2) is 0 Å². The molecule has 1 aliphatic heterocycles. The fourth-order valence-electron chi connectivity index (χ4n) is 2.78. The summed E-state index contributed by atoms with van der Waals surface area (Å²) in [5, 5.41) is 9.28. The Morgan fingerprint density at radius 3 is 2.71 bits per heavy atom. The van der Waals surface area contributed by atoms with E-state index in [1.807, 2.05) is 4.90 Å². The molecule has 1 aromatic rings. The molecule has 1 amide bonds. The minimum atomic E-state index is 0.0811. The van der Waals surface area contributed by atoms with E-state index in [0.717, 1.165) is 18.5 Å². The minimum Gasteiger partial charge on any atom is -0.508 e. The second kappa shape index (κ2) is 3.91. The van der Waals surface area contributed by atoms with Gasteiger partial charge in [0.2, 0.25) is 0 Å². The van der Waals surface area contributed by atoms with Crippen molar-refractivity contribution < 1.29 is 9.90 Å². The summed E-state index contributed by atoms with van der Waals surface area (Å²) in [7, 11) is 0. The van der Waals surface area contributed by atoms with Crippen LogP contribution in [0.4, 0.5) is 5.69 Å². The zero-order valence-electron chi connectivity index (χ0n) is 9.60. The van der Waals surface area contributed by atoms with E-state index in [0.29, 0.717) is 0 Å². The van der Waals surface area contributed by atoms with Crippen LogP contribution in [-0.4, -0.2) is 17.1 Å². The van der Waals surface area contributed by atoms with Crippen LogP contribution < -0.4 is 4.90 Å². The van der Waals surface area contributed by atoms with Crippen molar-refractivity contribution in [2.24, 2.45) is 0 Å². The highest BCUT2D eigenvalue weighted by atomic mass is 16.3. The summed E-state index contributed by atoms with van der Waals surface area (Å²) in [5.74, 6) is 0.315. The van der Waals surface area contributed by atoms with Crippen LogP contribution in [0.5, 0.6) is 5.75 Å².